The predicted molar refractivity (Wildman–Crippen MR) is 110 cm³/mol. The molecule has 2 heterocycles. The molecule has 1 aromatic carbocycles. The second-order valence-corrected chi connectivity index (χ2v) is 7.82. The van der Waals surface area contributed by atoms with Gasteiger partial charge < -0.3 is 9.84 Å². The Labute approximate surface area is 169 Å². The Hall–Kier alpha value is -2.54. The van der Waals surface area contributed by atoms with Gasteiger partial charge in [-0.2, -0.15) is 4.98 Å². The average Bonchev–Trinajstić information content (AvgIpc) is 3.32. The molecule has 0 saturated heterocycles. The van der Waals surface area contributed by atoms with E-state index in [9.17, 15) is 4.79 Å². The lowest BCUT2D eigenvalue weighted by Gasteiger charge is -2.06. The summed E-state index contributed by atoms with van der Waals surface area (Å²) in [5, 5.41) is 10.0. The minimum Gasteiger partial charge on any atom is -0.356 e. The standard InChI is InChI=1S/C21H26N4O2S/c1-3-5-19-24-21(27-25-19)7-4-6-20(26)22-13-12-16-8-10-17(11-9-16)18-14-28-15(2)23-18/h8-11,14H,3-7,12-13H2,1-2H3,(H,22,26). The minimum atomic E-state index is 0.0582. The fourth-order valence-electron chi connectivity index (χ4n) is 2.89. The van der Waals surface area contributed by atoms with Gasteiger partial charge in [-0.3, -0.25) is 4.79 Å². The van der Waals surface area contributed by atoms with E-state index in [1.54, 1.807) is 11.3 Å². The molecule has 148 valence electrons. The van der Waals surface area contributed by atoms with Crippen molar-refractivity contribution < 1.29 is 9.32 Å². The molecule has 0 aliphatic carbocycles. The normalized spacial score (nSPS) is 10.9. The van der Waals surface area contributed by atoms with Gasteiger partial charge in [0.25, 0.3) is 0 Å². The first-order valence-corrected chi connectivity index (χ1v) is 10.6. The molecule has 0 fully saturated rings. The van der Waals surface area contributed by atoms with E-state index in [1.165, 1.54) is 5.56 Å². The second-order valence-electron chi connectivity index (χ2n) is 6.76. The number of aromatic nitrogens is 3. The number of thiazole rings is 1. The first-order chi connectivity index (χ1) is 13.6. The molecule has 7 heteroatoms. The van der Waals surface area contributed by atoms with E-state index in [-0.39, 0.29) is 5.91 Å². The maximum atomic E-state index is 12.0. The van der Waals surface area contributed by atoms with Gasteiger partial charge in [-0.05, 0) is 31.7 Å². The van der Waals surface area contributed by atoms with Gasteiger partial charge in [0.2, 0.25) is 11.8 Å². The zero-order chi connectivity index (χ0) is 19.8. The first kappa shape index (κ1) is 20.2. The highest BCUT2D eigenvalue weighted by atomic mass is 32.1. The minimum absolute atomic E-state index is 0.0582. The number of nitrogens with one attached hydrogen (secondary N) is 1. The predicted octanol–water partition coefficient (Wildman–Crippen LogP) is 4.14. The van der Waals surface area contributed by atoms with E-state index in [2.05, 4.69) is 57.0 Å². The molecule has 0 atom stereocenters. The van der Waals surface area contributed by atoms with Gasteiger partial charge in [0, 0.05) is 36.8 Å². The third kappa shape index (κ3) is 5.99. The lowest BCUT2D eigenvalue weighted by Crippen LogP contribution is -2.25. The third-order valence-electron chi connectivity index (χ3n) is 4.38. The summed E-state index contributed by atoms with van der Waals surface area (Å²) in [4.78, 5) is 20.8. The van der Waals surface area contributed by atoms with Crippen LogP contribution in [0, 0.1) is 6.92 Å². The second kappa shape index (κ2) is 10.1. The average molecular weight is 399 g/mol. The molecular formula is C21H26N4O2S. The molecule has 1 amide bonds. The number of carbonyl (C=O) groups excluding carboxylic acids is 1. The number of nitrogens with zero attached hydrogens (tertiary/aromatic N) is 3. The lowest BCUT2D eigenvalue weighted by molar-refractivity contribution is -0.121. The number of rotatable bonds is 10. The summed E-state index contributed by atoms with van der Waals surface area (Å²) >= 11 is 1.66. The smallest absolute Gasteiger partial charge is 0.226 e. The van der Waals surface area contributed by atoms with Crippen LogP contribution in [-0.4, -0.2) is 27.6 Å². The van der Waals surface area contributed by atoms with E-state index >= 15 is 0 Å². The molecule has 0 radical (unpaired) electrons. The summed E-state index contributed by atoms with van der Waals surface area (Å²) in [6.07, 6.45) is 4.45. The van der Waals surface area contributed by atoms with Crippen LogP contribution in [0.5, 0.6) is 0 Å². The molecule has 0 saturated carbocycles. The Morgan fingerprint density at radius 2 is 1.96 bits per heavy atom. The van der Waals surface area contributed by atoms with Crippen molar-refractivity contribution in [2.45, 2.75) is 52.4 Å². The van der Waals surface area contributed by atoms with Crippen LogP contribution in [0.1, 0.15) is 48.5 Å². The molecule has 0 aliphatic rings. The fraction of sp³-hybridized carbons (Fsp3) is 0.429. The van der Waals surface area contributed by atoms with Gasteiger partial charge in [-0.1, -0.05) is 36.3 Å². The number of aryl methyl sites for hydroxylation is 3. The SMILES string of the molecule is CCCc1noc(CCCC(=O)NCCc2ccc(-c3csc(C)n3)cc2)n1. The van der Waals surface area contributed by atoms with Crippen LogP contribution in [0.3, 0.4) is 0 Å². The van der Waals surface area contributed by atoms with Crippen LogP contribution in [0.25, 0.3) is 11.3 Å². The number of hydrogen-bond donors (Lipinski definition) is 1. The van der Waals surface area contributed by atoms with Gasteiger partial charge >= 0.3 is 0 Å². The molecular weight excluding hydrogens is 372 g/mol. The highest BCUT2D eigenvalue weighted by Gasteiger charge is 2.07. The Morgan fingerprint density at radius 3 is 2.68 bits per heavy atom. The zero-order valence-electron chi connectivity index (χ0n) is 16.4. The number of carbonyl (C=O) groups is 1. The van der Waals surface area contributed by atoms with Crippen LogP contribution >= 0.6 is 11.3 Å². The summed E-state index contributed by atoms with van der Waals surface area (Å²) in [5.74, 6) is 1.42. The van der Waals surface area contributed by atoms with Gasteiger partial charge in [0.1, 0.15) is 0 Å². The van der Waals surface area contributed by atoms with E-state index in [4.69, 9.17) is 4.52 Å². The molecule has 3 aromatic rings. The van der Waals surface area contributed by atoms with E-state index in [0.29, 0.717) is 31.7 Å². The van der Waals surface area contributed by atoms with E-state index in [1.807, 2.05) is 6.92 Å². The Bertz CT molecular complexity index is 886. The number of hydrogen-bond acceptors (Lipinski definition) is 6. The third-order valence-corrected chi connectivity index (χ3v) is 5.16. The largest absolute Gasteiger partial charge is 0.356 e. The van der Waals surface area contributed by atoms with Crippen molar-refractivity contribution in [3.8, 4) is 11.3 Å². The van der Waals surface area contributed by atoms with Crippen molar-refractivity contribution in [1.82, 2.24) is 20.4 Å². The van der Waals surface area contributed by atoms with Crippen LogP contribution in [-0.2, 0) is 24.1 Å². The summed E-state index contributed by atoms with van der Waals surface area (Å²) in [7, 11) is 0. The molecule has 0 aliphatic heterocycles. The van der Waals surface area contributed by atoms with Gasteiger partial charge in [0.15, 0.2) is 5.82 Å². The fourth-order valence-corrected chi connectivity index (χ4v) is 3.51. The highest BCUT2D eigenvalue weighted by molar-refractivity contribution is 7.09. The molecule has 6 nitrogen and oxygen atoms in total. The van der Waals surface area contributed by atoms with Crippen molar-refractivity contribution >= 4 is 17.2 Å². The number of benzene rings is 1. The summed E-state index contributed by atoms with van der Waals surface area (Å²) in [6.45, 7) is 4.72. The molecule has 28 heavy (non-hydrogen) atoms. The number of amides is 1. The van der Waals surface area contributed by atoms with Crippen LogP contribution < -0.4 is 5.32 Å². The van der Waals surface area contributed by atoms with E-state index in [0.717, 1.165) is 41.4 Å². The molecule has 0 bridgehead atoms. The Kier molecular flexibility index (Phi) is 7.31. The Balaban J connectivity index is 1.34. The zero-order valence-corrected chi connectivity index (χ0v) is 17.2. The lowest BCUT2D eigenvalue weighted by atomic mass is 10.1. The van der Waals surface area contributed by atoms with Crippen molar-refractivity contribution in [3.63, 3.8) is 0 Å². The first-order valence-electron chi connectivity index (χ1n) is 9.73. The van der Waals surface area contributed by atoms with Crippen LogP contribution in [0.2, 0.25) is 0 Å². The monoisotopic (exact) mass is 398 g/mol. The topological polar surface area (TPSA) is 80.9 Å². The van der Waals surface area contributed by atoms with Gasteiger partial charge in [-0.25, -0.2) is 4.98 Å². The molecule has 0 unspecified atom stereocenters. The maximum absolute atomic E-state index is 12.0. The molecule has 3 rings (SSSR count). The van der Waals surface area contributed by atoms with Crippen LogP contribution in [0.15, 0.2) is 34.2 Å². The van der Waals surface area contributed by atoms with Crippen molar-refractivity contribution in [2.24, 2.45) is 0 Å². The quantitative estimate of drug-likeness (QED) is 0.555. The molecule has 0 spiro atoms. The van der Waals surface area contributed by atoms with Crippen molar-refractivity contribution in [1.29, 1.82) is 0 Å². The summed E-state index contributed by atoms with van der Waals surface area (Å²) in [5.41, 5.74) is 3.34. The molecule has 2 aromatic heterocycles. The molecule has 1 N–H and O–H groups in total. The van der Waals surface area contributed by atoms with E-state index < -0.39 is 0 Å². The van der Waals surface area contributed by atoms with Crippen molar-refractivity contribution in [3.05, 3.63) is 51.9 Å². The highest BCUT2D eigenvalue weighted by Crippen LogP contribution is 2.21. The van der Waals surface area contributed by atoms with Gasteiger partial charge in [0.05, 0.1) is 10.7 Å². The summed E-state index contributed by atoms with van der Waals surface area (Å²) < 4.78 is 5.18. The Morgan fingerprint density at radius 1 is 1.14 bits per heavy atom. The van der Waals surface area contributed by atoms with Crippen LogP contribution in [0.4, 0.5) is 0 Å². The van der Waals surface area contributed by atoms with Gasteiger partial charge in [-0.15, -0.1) is 11.3 Å². The maximum Gasteiger partial charge on any atom is 0.226 e. The summed E-state index contributed by atoms with van der Waals surface area (Å²) in [6, 6.07) is 8.37. The van der Waals surface area contributed by atoms with Crippen molar-refractivity contribution in [2.75, 3.05) is 6.54 Å².